The van der Waals surface area contributed by atoms with E-state index in [0.717, 1.165) is 47.3 Å². The fraction of sp³-hybridized carbons (Fsp3) is 0.209. The fourth-order valence-electron chi connectivity index (χ4n) is 6.96. The van der Waals surface area contributed by atoms with Gasteiger partial charge in [0.1, 0.15) is 5.60 Å². The average molecular weight is 620 g/mol. The third-order valence-corrected chi connectivity index (χ3v) is 9.39. The number of hydrogen-bond acceptors (Lipinski definition) is 4. The van der Waals surface area contributed by atoms with Gasteiger partial charge in [-0.05, 0) is 57.6 Å². The number of ether oxygens (including phenoxy) is 3. The highest BCUT2D eigenvalue weighted by molar-refractivity contribution is 5.83. The maximum atomic E-state index is 7.08. The quantitative estimate of drug-likeness (QED) is 0.116. The van der Waals surface area contributed by atoms with E-state index in [0.29, 0.717) is 6.61 Å². The van der Waals surface area contributed by atoms with Crippen molar-refractivity contribution in [3.05, 3.63) is 191 Å². The Morgan fingerprint density at radius 2 is 1.23 bits per heavy atom. The molecular formula is C43H41NO3. The zero-order valence-electron chi connectivity index (χ0n) is 26.8. The third-order valence-electron chi connectivity index (χ3n) is 9.39. The van der Waals surface area contributed by atoms with E-state index < -0.39 is 11.9 Å². The van der Waals surface area contributed by atoms with Gasteiger partial charge in [-0.1, -0.05) is 152 Å². The van der Waals surface area contributed by atoms with Crippen LogP contribution >= 0.6 is 0 Å². The van der Waals surface area contributed by atoms with Gasteiger partial charge in [0.15, 0.2) is 6.29 Å². The van der Waals surface area contributed by atoms with Crippen LogP contribution in [0.1, 0.15) is 52.0 Å². The van der Waals surface area contributed by atoms with Crippen LogP contribution in [0.5, 0.6) is 0 Å². The number of piperidine rings is 1. The van der Waals surface area contributed by atoms with E-state index in [2.05, 4.69) is 163 Å². The molecule has 0 amide bonds. The minimum absolute atomic E-state index is 0.0239. The van der Waals surface area contributed by atoms with Crippen LogP contribution in [0.15, 0.2) is 158 Å². The molecule has 1 aliphatic rings. The Kier molecular flexibility index (Phi) is 9.55. The van der Waals surface area contributed by atoms with E-state index >= 15 is 0 Å². The van der Waals surface area contributed by atoms with E-state index in [1.807, 2.05) is 0 Å². The van der Waals surface area contributed by atoms with Crippen LogP contribution in [-0.2, 0) is 26.4 Å². The molecule has 1 saturated heterocycles. The molecule has 1 fully saturated rings. The normalized spacial score (nSPS) is 17.4. The van der Waals surface area contributed by atoms with E-state index in [1.54, 1.807) is 7.11 Å². The lowest BCUT2D eigenvalue weighted by Crippen LogP contribution is -2.41. The van der Waals surface area contributed by atoms with Crippen molar-refractivity contribution in [3.63, 3.8) is 0 Å². The summed E-state index contributed by atoms with van der Waals surface area (Å²) in [5.74, 6) is 0.251. The predicted molar refractivity (Wildman–Crippen MR) is 189 cm³/mol. The molecule has 6 aromatic rings. The highest BCUT2D eigenvalue weighted by Gasteiger charge is 2.37. The molecule has 3 atom stereocenters. The molecule has 1 N–H and O–H groups in total. The molecule has 4 nitrogen and oxygen atoms in total. The zero-order chi connectivity index (χ0) is 31.9. The second-order valence-corrected chi connectivity index (χ2v) is 12.3. The van der Waals surface area contributed by atoms with Gasteiger partial charge < -0.3 is 19.5 Å². The Bertz CT molecular complexity index is 1760. The number of rotatable bonds is 11. The maximum absolute atomic E-state index is 7.08. The van der Waals surface area contributed by atoms with Crippen LogP contribution in [0, 0.1) is 0 Å². The second kappa shape index (κ2) is 14.5. The van der Waals surface area contributed by atoms with Crippen molar-refractivity contribution in [1.29, 1.82) is 0 Å². The summed E-state index contributed by atoms with van der Waals surface area (Å²) >= 11 is 0. The lowest BCUT2D eigenvalue weighted by molar-refractivity contribution is -0.168. The van der Waals surface area contributed by atoms with Gasteiger partial charge in [0.05, 0.1) is 12.7 Å². The van der Waals surface area contributed by atoms with Crippen molar-refractivity contribution in [2.24, 2.45) is 0 Å². The molecule has 0 spiro atoms. The minimum Gasteiger partial charge on any atom is -0.356 e. The number of hydrogen-bond donors (Lipinski definition) is 1. The largest absolute Gasteiger partial charge is 0.356 e. The van der Waals surface area contributed by atoms with Crippen molar-refractivity contribution < 1.29 is 14.2 Å². The van der Waals surface area contributed by atoms with Crippen molar-refractivity contribution in [2.45, 2.75) is 36.9 Å². The molecule has 0 aliphatic carbocycles. The monoisotopic (exact) mass is 619 g/mol. The van der Waals surface area contributed by atoms with E-state index in [1.165, 1.54) is 16.3 Å². The molecule has 4 heteroatoms. The number of benzene rings is 6. The van der Waals surface area contributed by atoms with Gasteiger partial charge >= 0.3 is 0 Å². The van der Waals surface area contributed by atoms with Crippen molar-refractivity contribution in [1.82, 2.24) is 5.32 Å². The summed E-state index contributed by atoms with van der Waals surface area (Å²) in [6, 6.07) is 55.3. The van der Waals surface area contributed by atoms with Crippen LogP contribution < -0.4 is 5.32 Å². The van der Waals surface area contributed by atoms with Crippen LogP contribution in [0.3, 0.4) is 0 Å². The fourth-order valence-corrected chi connectivity index (χ4v) is 6.96. The molecule has 1 aliphatic heterocycles. The van der Waals surface area contributed by atoms with Crippen LogP contribution in [0.2, 0.25) is 0 Å². The molecule has 7 rings (SSSR count). The van der Waals surface area contributed by atoms with E-state index in [9.17, 15) is 0 Å². The van der Waals surface area contributed by atoms with Gasteiger partial charge in [0.2, 0.25) is 0 Å². The van der Waals surface area contributed by atoms with Gasteiger partial charge in [-0.15, -0.1) is 0 Å². The third kappa shape index (κ3) is 6.64. The first kappa shape index (κ1) is 31.0. The molecule has 0 saturated carbocycles. The first-order valence-corrected chi connectivity index (χ1v) is 16.5. The van der Waals surface area contributed by atoms with Gasteiger partial charge in [-0.2, -0.15) is 0 Å². The molecule has 0 bridgehead atoms. The minimum atomic E-state index is -0.756. The Morgan fingerprint density at radius 1 is 0.660 bits per heavy atom. The van der Waals surface area contributed by atoms with Crippen molar-refractivity contribution in [2.75, 3.05) is 20.2 Å². The van der Waals surface area contributed by atoms with E-state index in [4.69, 9.17) is 14.2 Å². The highest BCUT2D eigenvalue weighted by atomic mass is 16.7. The van der Waals surface area contributed by atoms with Crippen LogP contribution in [0.4, 0.5) is 0 Å². The van der Waals surface area contributed by atoms with Gasteiger partial charge in [0, 0.05) is 25.1 Å². The predicted octanol–water partition coefficient (Wildman–Crippen LogP) is 9.16. The molecule has 3 unspecified atom stereocenters. The van der Waals surface area contributed by atoms with Gasteiger partial charge in [-0.25, -0.2) is 0 Å². The lowest BCUT2D eigenvalue weighted by Gasteiger charge is -2.36. The Morgan fingerprint density at radius 3 is 1.83 bits per heavy atom. The summed E-state index contributed by atoms with van der Waals surface area (Å²) in [4.78, 5) is 0. The van der Waals surface area contributed by atoms with Crippen LogP contribution in [-0.4, -0.2) is 26.3 Å². The summed E-state index contributed by atoms with van der Waals surface area (Å²) in [5.41, 5.74) is 5.97. The van der Waals surface area contributed by atoms with E-state index in [-0.39, 0.29) is 12.0 Å². The SMILES string of the molecule is COC(OC1CNCCC1c1ccc(COC(c2ccccc2)(c2ccccc2)c2ccccc2)cc1)c1ccc2ccccc2c1. The standard InChI is InChI=1S/C43H41NO3/c1-45-42(36-26-25-33-13-11-12-14-35(33)29-36)47-41-30-44-28-27-40(41)34-23-21-32(22-24-34)31-46-43(37-15-5-2-6-16-37,38-17-7-3-8-18-38)39-19-9-4-10-20-39/h2-26,29,40-42,44H,27-28,30-31H2,1H3. The molecule has 0 aromatic heterocycles. The van der Waals surface area contributed by atoms with Crippen molar-refractivity contribution in [3.8, 4) is 0 Å². The molecule has 47 heavy (non-hydrogen) atoms. The topological polar surface area (TPSA) is 39.7 Å². The Labute approximate surface area is 278 Å². The second-order valence-electron chi connectivity index (χ2n) is 12.3. The summed E-state index contributed by atoms with van der Waals surface area (Å²) in [5, 5.41) is 5.93. The summed E-state index contributed by atoms with van der Waals surface area (Å²) in [6.45, 7) is 2.19. The van der Waals surface area contributed by atoms with Crippen molar-refractivity contribution >= 4 is 10.8 Å². The summed E-state index contributed by atoms with van der Waals surface area (Å²) < 4.78 is 19.7. The lowest BCUT2D eigenvalue weighted by atomic mass is 9.80. The smallest absolute Gasteiger partial charge is 0.183 e. The Balaban J connectivity index is 1.12. The molecule has 1 heterocycles. The Hall–Kier alpha value is -4.58. The molecule has 6 aromatic carbocycles. The van der Waals surface area contributed by atoms with Gasteiger partial charge in [-0.3, -0.25) is 0 Å². The number of methoxy groups -OCH3 is 1. The number of fused-ring (bicyclic) bond motifs is 1. The zero-order valence-corrected chi connectivity index (χ0v) is 26.8. The molecule has 0 radical (unpaired) electrons. The first-order valence-electron chi connectivity index (χ1n) is 16.5. The molecular weight excluding hydrogens is 578 g/mol. The highest BCUT2D eigenvalue weighted by Crippen LogP contribution is 2.41. The molecule has 236 valence electrons. The first-order chi connectivity index (χ1) is 23.2. The van der Waals surface area contributed by atoms with Crippen LogP contribution in [0.25, 0.3) is 10.8 Å². The average Bonchev–Trinajstić information content (AvgIpc) is 3.16. The summed E-state index contributed by atoms with van der Waals surface area (Å²) in [7, 11) is 1.72. The van der Waals surface area contributed by atoms with Gasteiger partial charge in [0.25, 0.3) is 0 Å². The summed E-state index contributed by atoms with van der Waals surface area (Å²) in [6.07, 6.45) is 0.527. The maximum Gasteiger partial charge on any atom is 0.183 e. The number of nitrogens with one attached hydrogen (secondary N) is 1.